The van der Waals surface area contributed by atoms with Crippen molar-refractivity contribution in [2.24, 2.45) is 0 Å². The van der Waals surface area contributed by atoms with E-state index in [0.29, 0.717) is 11.0 Å². The van der Waals surface area contributed by atoms with Crippen LogP contribution in [0.3, 0.4) is 0 Å². The van der Waals surface area contributed by atoms with Crippen molar-refractivity contribution in [3.63, 3.8) is 0 Å². The van der Waals surface area contributed by atoms with Gasteiger partial charge in [-0.15, -0.1) is 0 Å². The molecule has 5 heteroatoms. The van der Waals surface area contributed by atoms with Gasteiger partial charge in [0.2, 0.25) is 0 Å². The van der Waals surface area contributed by atoms with Crippen molar-refractivity contribution in [1.29, 1.82) is 0 Å². The van der Waals surface area contributed by atoms with E-state index in [1.165, 1.54) is 12.4 Å². The van der Waals surface area contributed by atoms with E-state index in [1.54, 1.807) is 0 Å². The number of hydrogen-bond donors (Lipinski definition) is 3. The Morgan fingerprint density at radius 2 is 2.36 bits per heavy atom. The van der Waals surface area contributed by atoms with Crippen LogP contribution >= 0.6 is 0 Å². The molecule has 2 aromatic rings. The standard InChI is InChI=1S/C6H5N3O2/c10-4-1-3-5(9-4)7-2-8-6(3)11/h1-2,10H,(H2,7,8,9,11). The third kappa shape index (κ3) is 0.778. The smallest absolute Gasteiger partial charge is 0.260 e. The molecule has 3 N–H and O–H groups in total. The van der Waals surface area contributed by atoms with E-state index in [4.69, 9.17) is 5.11 Å². The molecule has 0 fully saturated rings. The molecular weight excluding hydrogens is 146 g/mol. The Morgan fingerprint density at radius 1 is 1.55 bits per heavy atom. The Bertz CT molecular complexity index is 442. The van der Waals surface area contributed by atoms with Crippen molar-refractivity contribution in [1.82, 2.24) is 15.0 Å². The van der Waals surface area contributed by atoms with Crippen molar-refractivity contribution < 1.29 is 5.11 Å². The van der Waals surface area contributed by atoms with Crippen LogP contribution in [0.25, 0.3) is 11.0 Å². The minimum absolute atomic E-state index is 0.0517. The highest BCUT2D eigenvalue weighted by molar-refractivity contribution is 5.75. The molecule has 0 unspecified atom stereocenters. The van der Waals surface area contributed by atoms with Gasteiger partial charge in [-0.1, -0.05) is 0 Å². The lowest BCUT2D eigenvalue weighted by Gasteiger charge is -1.83. The highest BCUT2D eigenvalue weighted by atomic mass is 16.3. The predicted molar refractivity (Wildman–Crippen MR) is 38.4 cm³/mol. The molecule has 0 saturated heterocycles. The van der Waals surface area contributed by atoms with Crippen molar-refractivity contribution in [2.75, 3.05) is 0 Å². The molecule has 11 heavy (non-hydrogen) atoms. The summed E-state index contributed by atoms with van der Waals surface area (Å²) in [5.41, 5.74) is 0.137. The van der Waals surface area contributed by atoms with Gasteiger partial charge in [-0.25, -0.2) is 4.98 Å². The molecule has 56 valence electrons. The second kappa shape index (κ2) is 1.85. The molecule has 0 saturated carbocycles. The SMILES string of the molecule is O=c1[nH]cnc2[nH]c(O)cc12. The van der Waals surface area contributed by atoms with E-state index < -0.39 is 0 Å². The van der Waals surface area contributed by atoms with Crippen molar-refractivity contribution >= 4 is 11.0 Å². The fourth-order valence-electron chi connectivity index (χ4n) is 0.938. The van der Waals surface area contributed by atoms with Gasteiger partial charge in [0.25, 0.3) is 5.56 Å². The van der Waals surface area contributed by atoms with E-state index in [-0.39, 0.29) is 11.4 Å². The number of nitrogens with zero attached hydrogens (tertiary/aromatic N) is 1. The molecule has 5 nitrogen and oxygen atoms in total. The lowest BCUT2D eigenvalue weighted by molar-refractivity contribution is 0.458. The third-order valence-electron chi connectivity index (χ3n) is 1.42. The van der Waals surface area contributed by atoms with E-state index in [9.17, 15) is 4.79 Å². The number of rotatable bonds is 0. The number of hydrogen-bond acceptors (Lipinski definition) is 3. The highest BCUT2D eigenvalue weighted by Crippen LogP contribution is 2.11. The van der Waals surface area contributed by atoms with Gasteiger partial charge in [0, 0.05) is 6.07 Å². The fourth-order valence-corrected chi connectivity index (χ4v) is 0.938. The molecule has 2 rings (SSSR count). The van der Waals surface area contributed by atoms with Crippen LogP contribution in [0, 0.1) is 0 Å². The number of aromatic amines is 2. The number of fused-ring (bicyclic) bond motifs is 1. The molecule has 0 amide bonds. The zero-order valence-corrected chi connectivity index (χ0v) is 5.46. The molecule has 0 aromatic carbocycles. The molecular formula is C6H5N3O2. The number of nitrogens with one attached hydrogen (secondary N) is 2. The molecule has 0 atom stereocenters. The Kier molecular flexibility index (Phi) is 1.00. The van der Waals surface area contributed by atoms with Crippen LogP contribution < -0.4 is 5.56 Å². The second-order valence-corrected chi connectivity index (χ2v) is 2.15. The van der Waals surface area contributed by atoms with E-state index in [2.05, 4.69) is 15.0 Å². The van der Waals surface area contributed by atoms with Gasteiger partial charge in [0.05, 0.1) is 11.7 Å². The molecule has 0 aliphatic rings. The van der Waals surface area contributed by atoms with Gasteiger partial charge in [-0.3, -0.25) is 4.79 Å². The minimum Gasteiger partial charge on any atom is -0.495 e. The average molecular weight is 151 g/mol. The van der Waals surface area contributed by atoms with Crippen LogP contribution in [0.15, 0.2) is 17.2 Å². The van der Waals surface area contributed by atoms with Crippen LogP contribution in [0.1, 0.15) is 0 Å². The Balaban J connectivity index is 3.02. The predicted octanol–water partition coefficient (Wildman–Crippen LogP) is -0.0432. The van der Waals surface area contributed by atoms with Crippen molar-refractivity contribution in [2.45, 2.75) is 0 Å². The monoisotopic (exact) mass is 151 g/mol. The minimum atomic E-state index is -0.258. The molecule has 0 aliphatic carbocycles. The first-order chi connectivity index (χ1) is 5.27. The topological polar surface area (TPSA) is 81.8 Å². The van der Waals surface area contributed by atoms with Gasteiger partial charge in [0.1, 0.15) is 5.65 Å². The summed E-state index contributed by atoms with van der Waals surface area (Å²) in [5, 5.41) is 9.30. The van der Waals surface area contributed by atoms with E-state index in [0.717, 1.165) is 0 Å². The first-order valence-electron chi connectivity index (χ1n) is 3.03. The normalized spacial score (nSPS) is 10.5. The summed E-state index contributed by atoms with van der Waals surface area (Å²) in [6.45, 7) is 0. The summed E-state index contributed by atoms with van der Waals surface area (Å²) in [6.07, 6.45) is 1.28. The Hall–Kier alpha value is -1.78. The highest BCUT2D eigenvalue weighted by Gasteiger charge is 2.01. The van der Waals surface area contributed by atoms with E-state index in [1.807, 2.05) is 0 Å². The van der Waals surface area contributed by atoms with Crippen LogP contribution in [-0.2, 0) is 0 Å². The first-order valence-corrected chi connectivity index (χ1v) is 3.03. The van der Waals surface area contributed by atoms with E-state index >= 15 is 0 Å². The number of aromatic nitrogens is 3. The van der Waals surface area contributed by atoms with Crippen LogP contribution in [0.2, 0.25) is 0 Å². The quantitative estimate of drug-likeness (QED) is 0.494. The molecule has 0 radical (unpaired) electrons. The van der Waals surface area contributed by atoms with Crippen LogP contribution in [-0.4, -0.2) is 20.1 Å². The van der Waals surface area contributed by atoms with Gasteiger partial charge in [0.15, 0.2) is 5.88 Å². The maximum Gasteiger partial charge on any atom is 0.260 e. The Morgan fingerprint density at radius 3 is 3.09 bits per heavy atom. The molecule has 2 heterocycles. The fraction of sp³-hybridized carbons (Fsp3) is 0. The molecule has 0 spiro atoms. The molecule has 0 bridgehead atoms. The number of H-pyrrole nitrogens is 2. The summed E-state index contributed by atoms with van der Waals surface area (Å²) in [5.74, 6) is -0.0517. The van der Waals surface area contributed by atoms with Gasteiger partial charge in [-0.05, 0) is 0 Å². The number of aromatic hydroxyl groups is 1. The lowest BCUT2D eigenvalue weighted by Crippen LogP contribution is -2.04. The summed E-state index contributed by atoms with van der Waals surface area (Å²) in [7, 11) is 0. The molecule has 0 aliphatic heterocycles. The lowest BCUT2D eigenvalue weighted by atomic mass is 10.4. The third-order valence-corrected chi connectivity index (χ3v) is 1.42. The average Bonchev–Trinajstić information content (AvgIpc) is 2.31. The Labute approximate surface area is 60.7 Å². The van der Waals surface area contributed by atoms with Crippen LogP contribution in [0.5, 0.6) is 5.88 Å². The summed E-state index contributed by atoms with van der Waals surface area (Å²) in [4.78, 5) is 19.7. The van der Waals surface area contributed by atoms with Gasteiger partial charge in [-0.2, -0.15) is 0 Å². The van der Waals surface area contributed by atoms with Crippen molar-refractivity contribution in [3.8, 4) is 5.88 Å². The second-order valence-electron chi connectivity index (χ2n) is 2.15. The van der Waals surface area contributed by atoms with Crippen LogP contribution in [0.4, 0.5) is 0 Å². The zero-order valence-electron chi connectivity index (χ0n) is 5.46. The first kappa shape index (κ1) is 5.96. The maximum atomic E-state index is 11.0. The van der Waals surface area contributed by atoms with Crippen molar-refractivity contribution in [3.05, 3.63) is 22.7 Å². The van der Waals surface area contributed by atoms with Gasteiger partial charge >= 0.3 is 0 Å². The maximum absolute atomic E-state index is 11.0. The largest absolute Gasteiger partial charge is 0.495 e. The molecule has 2 aromatic heterocycles. The summed E-state index contributed by atoms with van der Waals surface area (Å²) < 4.78 is 0. The summed E-state index contributed by atoms with van der Waals surface area (Å²) in [6, 6.07) is 1.33. The zero-order chi connectivity index (χ0) is 7.84. The summed E-state index contributed by atoms with van der Waals surface area (Å²) >= 11 is 0. The van der Waals surface area contributed by atoms with Gasteiger partial charge < -0.3 is 15.1 Å².